The quantitative estimate of drug-likeness (QED) is 0.0276. The maximum atomic E-state index is 15.4. The van der Waals surface area contributed by atoms with Crippen LogP contribution in [0.15, 0.2) is 54.9 Å². The average molecular weight is 1000 g/mol. The number of carbonyl (C=O) groups is 2. The van der Waals surface area contributed by atoms with Crippen LogP contribution in [0, 0.1) is 116 Å². The number of halogens is 20. The normalized spacial score (nSPS) is 13.0. The number of ether oxygens (including phenoxy) is 1. The molecule has 0 spiro atoms. The summed E-state index contributed by atoms with van der Waals surface area (Å²) in [4.78, 5) is 24.4. The molecule has 5 aromatic carbocycles. The van der Waals surface area contributed by atoms with Gasteiger partial charge in [0.25, 0.3) is 0 Å². The van der Waals surface area contributed by atoms with E-state index < -0.39 is 144 Å². The highest BCUT2D eigenvalue weighted by Gasteiger charge is 2.52. The van der Waals surface area contributed by atoms with Gasteiger partial charge in [0.2, 0.25) is 12.3 Å². The van der Waals surface area contributed by atoms with E-state index in [1.807, 2.05) is 35.2 Å². The molecule has 0 atom stereocenters. The van der Waals surface area contributed by atoms with E-state index in [1.165, 1.54) is 6.42 Å². The first-order chi connectivity index (χ1) is 32.4. The van der Waals surface area contributed by atoms with Crippen LogP contribution in [0.5, 0.6) is 0 Å². The molecule has 1 fully saturated rings. The SMILES string of the molecule is Fc1c(F)c(F)c([B-](c2c(F)c(F)c(F)c(F)c2F)(c2c(F)c(F)c(F)c(F)c2F)c2c(F)c(F)c(F)c(F)c2F)c(F)c1F.O=C(C[n+]1ccccc1)c1ccc(C(=O)OC2CCCCC2)cc1. The lowest BCUT2D eigenvalue weighted by Gasteiger charge is -2.44. The lowest BCUT2D eigenvalue weighted by molar-refractivity contribution is -0.683. The number of ketones is 1. The smallest absolute Gasteiger partial charge is 0.338 e. The molecule has 1 heterocycles. The Morgan fingerprint density at radius 2 is 0.681 bits per heavy atom. The molecule has 1 aromatic heterocycles. The molecular formula is C44H22BF20NO3. The van der Waals surface area contributed by atoms with Gasteiger partial charge in [-0.2, -0.15) is 4.57 Å². The Labute approximate surface area is 373 Å². The highest BCUT2D eigenvalue weighted by Crippen LogP contribution is 2.31. The molecule has 1 aliphatic carbocycles. The van der Waals surface area contributed by atoms with Gasteiger partial charge in [0.15, 0.2) is 82.2 Å². The summed E-state index contributed by atoms with van der Waals surface area (Å²) in [6.07, 6.45) is 1.93. The molecule has 0 radical (unpaired) electrons. The van der Waals surface area contributed by atoms with Crippen LogP contribution in [0.25, 0.3) is 0 Å². The topological polar surface area (TPSA) is 47.2 Å². The molecule has 0 N–H and O–H groups in total. The van der Waals surface area contributed by atoms with Crippen molar-refractivity contribution in [2.45, 2.75) is 44.8 Å². The summed E-state index contributed by atoms with van der Waals surface area (Å²) in [7, 11) is 0. The Balaban J connectivity index is 0.000000273. The minimum Gasteiger partial charge on any atom is -0.459 e. The third-order valence-corrected chi connectivity index (χ3v) is 11.1. The molecule has 1 aliphatic rings. The maximum Gasteiger partial charge on any atom is 0.338 e. The van der Waals surface area contributed by atoms with Gasteiger partial charge in [-0.15, -0.1) is 21.9 Å². The van der Waals surface area contributed by atoms with E-state index in [-0.39, 0.29) is 24.4 Å². The molecule has 0 amide bonds. The van der Waals surface area contributed by atoms with Crippen molar-refractivity contribution in [1.29, 1.82) is 0 Å². The van der Waals surface area contributed by atoms with Gasteiger partial charge < -0.3 is 4.74 Å². The zero-order valence-electron chi connectivity index (χ0n) is 33.8. The molecule has 0 bridgehead atoms. The Morgan fingerprint density at radius 1 is 0.406 bits per heavy atom. The van der Waals surface area contributed by atoms with Crippen LogP contribution in [0.2, 0.25) is 0 Å². The van der Waals surface area contributed by atoms with Gasteiger partial charge in [-0.3, -0.25) is 4.79 Å². The first-order valence-electron chi connectivity index (χ1n) is 19.4. The monoisotopic (exact) mass is 1000 g/mol. The molecule has 25 heteroatoms. The number of pyridine rings is 1. The van der Waals surface area contributed by atoms with Gasteiger partial charge in [0.05, 0.1) is 5.56 Å². The number of Topliss-reactive ketones (excluding diaryl/α,β-unsaturated/α-hetero) is 1. The first-order valence-corrected chi connectivity index (χ1v) is 19.4. The number of benzene rings is 5. The van der Waals surface area contributed by atoms with Crippen LogP contribution in [-0.4, -0.2) is 24.0 Å². The van der Waals surface area contributed by atoms with E-state index in [9.17, 15) is 62.3 Å². The Hall–Kier alpha value is -6.95. The molecule has 4 nitrogen and oxygen atoms in total. The third-order valence-electron chi connectivity index (χ3n) is 11.1. The molecule has 0 aliphatic heterocycles. The summed E-state index contributed by atoms with van der Waals surface area (Å²) in [5, 5.41) is 0. The third kappa shape index (κ3) is 8.86. The van der Waals surface area contributed by atoms with Gasteiger partial charge in [-0.25, -0.2) is 92.6 Å². The van der Waals surface area contributed by atoms with Gasteiger partial charge in [0.1, 0.15) is 58.8 Å². The standard InChI is InChI=1S/C24BF20.C20H22NO3/c26-5-1(6(27)14(35)21(42)13(5)34)25(2-7(28)15(36)22(43)16(37)8(2)29,3-9(30)17(38)23(44)18(39)10(3)31)4-11(32)19(40)24(45)20(41)12(4)33;22-19(15-21-13-5-2-6-14-21)16-9-11-17(12-10-16)20(23)24-18-7-3-1-4-8-18/h;2,5-6,9-14,18H,1,3-4,7-8,15H2/q-1;+1. The first kappa shape index (κ1) is 51.4. The zero-order chi connectivity index (χ0) is 51.1. The van der Waals surface area contributed by atoms with Gasteiger partial charge in [-0.1, -0.05) is 24.6 Å². The molecule has 7 rings (SSSR count). The second-order valence-electron chi connectivity index (χ2n) is 15.0. The van der Waals surface area contributed by atoms with E-state index in [4.69, 9.17) is 4.74 Å². The summed E-state index contributed by atoms with van der Waals surface area (Å²) in [6, 6.07) is 12.4. The largest absolute Gasteiger partial charge is 0.459 e. The fraction of sp³-hybridized carbons (Fsp3) is 0.159. The van der Waals surface area contributed by atoms with Crippen molar-refractivity contribution in [1.82, 2.24) is 0 Å². The Morgan fingerprint density at radius 3 is 0.986 bits per heavy atom. The average Bonchev–Trinajstić information content (AvgIpc) is 3.34. The molecule has 0 unspecified atom stereocenters. The van der Waals surface area contributed by atoms with Crippen LogP contribution in [0.1, 0.15) is 52.8 Å². The van der Waals surface area contributed by atoms with E-state index in [1.54, 1.807) is 24.3 Å². The van der Waals surface area contributed by atoms with E-state index in [2.05, 4.69) is 0 Å². The highest BCUT2D eigenvalue weighted by molar-refractivity contribution is 7.20. The van der Waals surface area contributed by atoms with Crippen LogP contribution in [-0.2, 0) is 11.3 Å². The fourth-order valence-corrected chi connectivity index (χ4v) is 7.87. The van der Waals surface area contributed by atoms with Crippen molar-refractivity contribution >= 4 is 39.7 Å². The summed E-state index contributed by atoms with van der Waals surface area (Å²) >= 11 is 0. The summed E-state index contributed by atoms with van der Waals surface area (Å²) in [6.45, 7) is 0.284. The van der Waals surface area contributed by atoms with E-state index >= 15 is 35.1 Å². The van der Waals surface area contributed by atoms with E-state index in [0.717, 1.165) is 25.7 Å². The minimum absolute atomic E-state index is 0.0124. The molecule has 364 valence electrons. The number of hydrogen-bond donors (Lipinski definition) is 0. The zero-order valence-corrected chi connectivity index (χ0v) is 33.8. The molecular weight excluding hydrogens is 981 g/mol. The molecule has 6 aromatic rings. The molecule has 1 saturated carbocycles. The van der Waals surface area contributed by atoms with Crippen molar-refractivity contribution < 1.29 is 107 Å². The van der Waals surface area contributed by atoms with Crippen LogP contribution in [0.3, 0.4) is 0 Å². The van der Waals surface area contributed by atoms with Crippen LogP contribution in [0.4, 0.5) is 87.8 Å². The van der Waals surface area contributed by atoms with Crippen molar-refractivity contribution in [3.63, 3.8) is 0 Å². The van der Waals surface area contributed by atoms with Crippen LogP contribution < -0.4 is 26.4 Å². The fourth-order valence-electron chi connectivity index (χ4n) is 7.87. The van der Waals surface area contributed by atoms with E-state index in [0.29, 0.717) is 11.1 Å². The Bertz CT molecular complexity index is 2640. The second kappa shape index (κ2) is 20.0. The molecule has 0 saturated heterocycles. The predicted molar refractivity (Wildman–Crippen MR) is 199 cm³/mol. The number of aromatic nitrogens is 1. The minimum atomic E-state index is -7.22. The lowest BCUT2D eigenvalue weighted by atomic mass is 9.12. The van der Waals surface area contributed by atoms with Crippen LogP contribution >= 0.6 is 0 Å². The van der Waals surface area contributed by atoms with Gasteiger partial charge in [0, 0.05) is 17.7 Å². The lowest BCUT2D eigenvalue weighted by Crippen LogP contribution is -2.81. The Kier molecular flexibility index (Phi) is 14.9. The summed E-state index contributed by atoms with van der Waals surface area (Å²) in [5.41, 5.74) is -13.2. The second-order valence-corrected chi connectivity index (χ2v) is 15.0. The van der Waals surface area contributed by atoms with Gasteiger partial charge in [-0.05, 0) is 37.8 Å². The number of carbonyl (C=O) groups excluding carboxylic acids is 2. The number of hydrogen-bond acceptors (Lipinski definition) is 3. The van der Waals surface area contributed by atoms with Crippen molar-refractivity contribution in [2.24, 2.45) is 0 Å². The number of nitrogens with zero attached hydrogens (tertiary/aromatic N) is 1. The summed E-state index contributed by atoms with van der Waals surface area (Å²) in [5.74, 6) is -71.7. The van der Waals surface area contributed by atoms with Crippen molar-refractivity contribution in [3.8, 4) is 0 Å². The summed E-state index contributed by atoms with van der Waals surface area (Å²) < 4.78 is 301. The number of esters is 1. The molecule has 69 heavy (non-hydrogen) atoms. The maximum absolute atomic E-state index is 15.4. The highest BCUT2D eigenvalue weighted by atomic mass is 19.2. The number of rotatable bonds is 9. The van der Waals surface area contributed by atoms with Gasteiger partial charge >= 0.3 is 5.97 Å². The van der Waals surface area contributed by atoms with Crippen molar-refractivity contribution in [2.75, 3.05) is 0 Å². The van der Waals surface area contributed by atoms with Crippen molar-refractivity contribution in [3.05, 3.63) is 182 Å². The predicted octanol–water partition coefficient (Wildman–Crippen LogP) is 9.19.